The van der Waals surface area contributed by atoms with Gasteiger partial charge in [-0.15, -0.1) is 0 Å². The number of nitrogens with one attached hydrogen (secondary N) is 2. The van der Waals surface area contributed by atoms with Crippen LogP contribution in [0.3, 0.4) is 0 Å². The number of hydrogen-bond donors (Lipinski definition) is 2. The number of aryl methyl sites for hydroxylation is 1. The predicted molar refractivity (Wildman–Crippen MR) is 103 cm³/mol. The summed E-state index contributed by atoms with van der Waals surface area (Å²) in [6.45, 7) is 5.90. The number of amides is 3. The van der Waals surface area contributed by atoms with Gasteiger partial charge in [0.15, 0.2) is 0 Å². The third-order valence-electron chi connectivity index (χ3n) is 5.23. The first-order valence-corrected chi connectivity index (χ1v) is 9.36. The van der Waals surface area contributed by atoms with Gasteiger partial charge in [-0.25, -0.2) is 4.79 Å². The number of carbonyl (C=O) groups is 2. The highest BCUT2D eigenvalue weighted by Crippen LogP contribution is 2.30. The molecule has 2 aromatic rings. The van der Waals surface area contributed by atoms with Crippen LogP contribution in [0.4, 0.5) is 4.79 Å². The zero-order valence-corrected chi connectivity index (χ0v) is 16.0. The van der Waals surface area contributed by atoms with Crippen molar-refractivity contribution in [3.63, 3.8) is 0 Å². The Hall–Kier alpha value is -2.76. The van der Waals surface area contributed by atoms with Crippen LogP contribution in [0.25, 0.3) is 0 Å². The van der Waals surface area contributed by atoms with E-state index in [1.807, 2.05) is 44.2 Å². The maximum Gasteiger partial charge on any atom is 0.317 e. The Labute approximate surface area is 159 Å². The van der Waals surface area contributed by atoms with E-state index in [4.69, 9.17) is 4.42 Å². The van der Waals surface area contributed by atoms with Crippen molar-refractivity contribution in [1.82, 2.24) is 15.5 Å². The van der Waals surface area contributed by atoms with Gasteiger partial charge < -0.3 is 20.0 Å². The second kappa shape index (κ2) is 8.29. The molecule has 1 atom stereocenters. The highest BCUT2D eigenvalue weighted by Gasteiger charge is 2.39. The molecule has 0 aliphatic carbocycles. The van der Waals surface area contributed by atoms with E-state index in [1.165, 1.54) is 0 Å². The standard InChI is InChI=1S/C21H27N3O3/c1-16-7-3-4-8-17(16)13-22-19(25)21(2)10-6-11-24(15-21)20(26)23-14-18-9-5-12-27-18/h3-5,7-9,12H,6,10-11,13-15H2,1-2H3,(H,22,25)(H,23,26). The Morgan fingerprint density at radius 3 is 2.70 bits per heavy atom. The van der Waals surface area contributed by atoms with Gasteiger partial charge in [-0.1, -0.05) is 24.3 Å². The fraction of sp³-hybridized carbons (Fsp3) is 0.429. The van der Waals surface area contributed by atoms with Gasteiger partial charge in [0.2, 0.25) is 5.91 Å². The summed E-state index contributed by atoms with van der Waals surface area (Å²) in [6.07, 6.45) is 3.16. The molecule has 1 aromatic carbocycles. The molecule has 1 aliphatic rings. The van der Waals surface area contributed by atoms with E-state index in [0.717, 1.165) is 24.0 Å². The van der Waals surface area contributed by atoms with E-state index in [-0.39, 0.29) is 11.9 Å². The van der Waals surface area contributed by atoms with Crippen molar-refractivity contribution in [1.29, 1.82) is 0 Å². The van der Waals surface area contributed by atoms with E-state index in [0.29, 0.717) is 31.9 Å². The van der Waals surface area contributed by atoms with Crippen LogP contribution in [-0.4, -0.2) is 29.9 Å². The van der Waals surface area contributed by atoms with Crippen molar-refractivity contribution in [2.45, 2.75) is 39.8 Å². The SMILES string of the molecule is Cc1ccccc1CNC(=O)C1(C)CCCN(C(=O)NCc2ccco2)C1. The number of furan rings is 1. The van der Waals surface area contributed by atoms with Crippen LogP contribution in [0.5, 0.6) is 0 Å². The third kappa shape index (κ3) is 4.70. The third-order valence-corrected chi connectivity index (χ3v) is 5.23. The molecule has 1 unspecified atom stereocenters. The van der Waals surface area contributed by atoms with Gasteiger partial charge in [0.25, 0.3) is 0 Å². The molecule has 1 fully saturated rings. The average molecular weight is 369 g/mol. The van der Waals surface area contributed by atoms with Crippen LogP contribution in [0.2, 0.25) is 0 Å². The van der Waals surface area contributed by atoms with Crippen molar-refractivity contribution in [3.05, 3.63) is 59.5 Å². The molecular formula is C21H27N3O3. The van der Waals surface area contributed by atoms with Crippen LogP contribution in [0.1, 0.15) is 36.7 Å². The number of urea groups is 1. The van der Waals surface area contributed by atoms with Crippen molar-refractivity contribution in [2.75, 3.05) is 13.1 Å². The number of hydrogen-bond acceptors (Lipinski definition) is 3. The van der Waals surface area contributed by atoms with Crippen LogP contribution < -0.4 is 10.6 Å². The van der Waals surface area contributed by atoms with E-state index >= 15 is 0 Å². The number of nitrogens with zero attached hydrogens (tertiary/aromatic N) is 1. The lowest BCUT2D eigenvalue weighted by Crippen LogP contribution is -2.53. The molecule has 2 heterocycles. The maximum atomic E-state index is 12.8. The smallest absolute Gasteiger partial charge is 0.317 e. The fourth-order valence-corrected chi connectivity index (χ4v) is 3.48. The van der Waals surface area contributed by atoms with Gasteiger partial charge in [0.05, 0.1) is 18.2 Å². The van der Waals surface area contributed by atoms with Crippen LogP contribution in [0, 0.1) is 12.3 Å². The zero-order valence-electron chi connectivity index (χ0n) is 16.0. The summed E-state index contributed by atoms with van der Waals surface area (Å²) in [6, 6.07) is 11.5. The summed E-state index contributed by atoms with van der Waals surface area (Å²) < 4.78 is 5.24. The molecule has 1 aromatic heterocycles. The number of rotatable bonds is 5. The summed E-state index contributed by atoms with van der Waals surface area (Å²) in [7, 11) is 0. The minimum absolute atomic E-state index is 0.00529. The van der Waals surface area contributed by atoms with Gasteiger partial charge in [-0.3, -0.25) is 4.79 Å². The lowest BCUT2D eigenvalue weighted by atomic mass is 9.81. The number of likely N-dealkylation sites (tertiary alicyclic amines) is 1. The Bertz CT molecular complexity index is 788. The molecule has 3 rings (SSSR count). The molecule has 6 nitrogen and oxygen atoms in total. The topological polar surface area (TPSA) is 74.6 Å². The molecule has 0 bridgehead atoms. The first kappa shape index (κ1) is 19.0. The highest BCUT2D eigenvalue weighted by molar-refractivity contribution is 5.84. The van der Waals surface area contributed by atoms with Gasteiger partial charge in [-0.2, -0.15) is 0 Å². The van der Waals surface area contributed by atoms with E-state index in [1.54, 1.807) is 17.2 Å². The summed E-state index contributed by atoms with van der Waals surface area (Å²) in [4.78, 5) is 27.0. The van der Waals surface area contributed by atoms with Gasteiger partial charge in [0.1, 0.15) is 5.76 Å². The average Bonchev–Trinajstić information content (AvgIpc) is 3.19. The lowest BCUT2D eigenvalue weighted by molar-refractivity contribution is -0.132. The van der Waals surface area contributed by atoms with Crippen molar-refractivity contribution >= 4 is 11.9 Å². The molecule has 0 saturated carbocycles. The van der Waals surface area contributed by atoms with Gasteiger partial charge >= 0.3 is 6.03 Å². The molecule has 1 aliphatic heterocycles. The highest BCUT2D eigenvalue weighted by atomic mass is 16.3. The van der Waals surface area contributed by atoms with Crippen molar-refractivity contribution in [3.8, 4) is 0 Å². The Morgan fingerprint density at radius 2 is 1.96 bits per heavy atom. The van der Waals surface area contributed by atoms with Crippen LogP contribution >= 0.6 is 0 Å². The summed E-state index contributed by atoms with van der Waals surface area (Å²) in [5, 5.41) is 5.91. The van der Waals surface area contributed by atoms with Crippen molar-refractivity contribution < 1.29 is 14.0 Å². The maximum absolute atomic E-state index is 12.8. The molecule has 2 N–H and O–H groups in total. The normalized spacial score (nSPS) is 19.6. The molecule has 1 saturated heterocycles. The molecule has 3 amide bonds. The lowest BCUT2D eigenvalue weighted by Gasteiger charge is -2.39. The van der Waals surface area contributed by atoms with Gasteiger partial charge in [0, 0.05) is 19.6 Å². The second-order valence-electron chi connectivity index (χ2n) is 7.43. The Morgan fingerprint density at radius 1 is 1.15 bits per heavy atom. The van der Waals surface area contributed by atoms with Gasteiger partial charge in [-0.05, 0) is 49.9 Å². The molecule has 27 heavy (non-hydrogen) atoms. The Balaban J connectivity index is 1.55. The van der Waals surface area contributed by atoms with E-state index in [9.17, 15) is 9.59 Å². The monoisotopic (exact) mass is 369 g/mol. The summed E-state index contributed by atoms with van der Waals surface area (Å²) in [5.41, 5.74) is 1.69. The molecule has 144 valence electrons. The largest absolute Gasteiger partial charge is 0.467 e. The minimum atomic E-state index is -0.580. The van der Waals surface area contributed by atoms with E-state index < -0.39 is 5.41 Å². The first-order chi connectivity index (χ1) is 13.0. The zero-order chi connectivity index (χ0) is 19.3. The Kier molecular flexibility index (Phi) is 5.84. The number of piperidine rings is 1. The summed E-state index contributed by atoms with van der Waals surface area (Å²) in [5.74, 6) is 0.702. The molecule has 0 radical (unpaired) electrons. The summed E-state index contributed by atoms with van der Waals surface area (Å²) >= 11 is 0. The molecule has 6 heteroatoms. The minimum Gasteiger partial charge on any atom is -0.467 e. The second-order valence-corrected chi connectivity index (χ2v) is 7.43. The van der Waals surface area contributed by atoms with Crippen LogP contribution in [0.15, 0.2) is 47.1 Å². The number of carbonyl (C=O) groups excluding carboxylic acids is 2. The van der Waals surface area contributed by atoms with E-state index in [2.05, 4.69) is 10.6 Å². The molecular weight excluding hydrogens is 342 g/mol. The molecule has 0 spiro atoms. The van der Waals surface area contributed by atoms with Crippen molar-refractivity contribution in [2.24, 2.45) is 5.41 Å². The fourth-order valence-electron chi connectivity index (χ4n) is 3.48. The predicted octanol–water partition coefficient (Wildman–Crippen LogP) is 3.22. The van der Waals surface area contributed by atoms with Crippen LogP contribution in [-0.2, 0) is 17.9 Å². The number of benzene rings is 1. The first-order valence-electron chi connectivity index (χ1n) is 9.36. The quantitative estimate of drug-likeness (QED) is 0.850.